The Labute approximate surface area is 257 Å². The summed E-state index contributed by atoms with van der Waals surface area (Å²) in [6.45, 7) is 7.73. The first-order valence-electron chi connectivity index (χ1n) is 15.5. The van der Waals surface area contributed by atoms with Crippen LogP contribution < -0.4 is 10.2 Å². The number of nitrogens with zero attached hydrogens (tertiary/aromatic N) is 8. The molecule has 4 heterocycles. The standard InChI is InChI=1S/C32H42FN9O2/c1-21-17-26(29(33)30(35-21)22-19-34-39(4)20-22)31(44)37-32-36-27-10-7-24(41-15-13-40(14-16-41)12-11-38(2)3)18-28(27)42(32)23-5-8-25(43)9-6-23/h7,10,17-20,23,25,43H,5-6,8-9,11-16H2,1-4H3,(H,36,37,44). The average molecular weight is 604 g/mol. The second-order valence-electron chi connectivity index (χ2n) is 12.4. The lowest BCUT2D eigenvalue weighted by atomic mass is 9.93. The van der Waals surface area contributed by atoms with Crippen LogP contribution in [0.25, 0.3) is 22.3 Å². The minimum Gasteiger partial charge on any atom is -0.393 e. The van der Waals surface area contributed by atoms with Crippen molar-refractivity contribution in [3.05, 3.63) is 53.7 Å². The molecule has 6 rings (SSSR count). The number of hydrogen-bond acceptors (Lipinski definition) is 8. The van der Waals surface area contributed by atoms with Gasteiger partial charge in [0.25, 0.3) is 5.91 Å². The number of anilines is 2. The third kappa shape index (κ3) is 6.33. The van der Waals surface area contributed by atoms with Gasteiger partial charge < -0.3 is 19.5 Å². The number of benzene rings is 1. The maximum atomic E-state index is 15.8. The second-order valence-corrected chi connectivity index (χ2v) is 12.4. The van der Waals surface area contributed by atoms with E-state index in [1.807, 2.05) is 6.07 Å². The molecule has 11 nitrogen and oxygen atoms in total. The fourth-order valence-electron chi connectivity index (χ4n) is 6.35. The van der Waals surface area contributed by atoms with Gasteiger partial charge in [0, 0.05) is 75.5 Å². The van der Waals surface area contributed by atoms with Crippen LogP contribution in [0.5, 0.6) is 0 Å². The highest BCUT2D eigenvalue weighted by molar-refractivity contribution is 6.05. The van der Waals surface area contributed by atoms with Gasteiger partial charge in [-0.3, -0.25) is 19.7 Å². The monoisotopic (exact) mass is 603 g/mol. The van der Waals surface area contributed by atoms with Gasteiger partial charge >= 0.3 is 0 Å². The second kappa shape index (κ2) is 12.6. The number of aryl methyl sites for hydroxylation is 2. The Morgan fingerprint density at radius 2 is 1.84 bits per heavy atom. The third-order valence-corrected chi connectivity index (χ3v) is 8.84. The number of imidazole rings is 1. The van der Waals surface area contributed by atoms with Gasteiger partial charge in [-0.25, -0.2) is 14.4 Å². The number of pyridine rings is 1. The Morgan fingerprint density at radius 1 is 1.09 bits per heavy atom. The Hall–Kier alpha value is -3.87. The summed E-state index contributed by atoms with van der Waals surface area (Å²) in [5.74, 6) is -0.898. The molecule has 1 aliphatic heterocycles. The van der Waals surface area contributed by atoms with Crippen molar-refractivity contribution in [3.8, 4) is 11.3 Å². The van der Waals surface area contributed by atoms with Crippen LogP contribution in [0.2, 0.25) is 0 Å². The molecule has 1 saturated carbocycles. The molecule has 0 unspecified atom stereocenters. The number of likely N-dealkylation sites (N-methyl/N-ethyl adjacent to an activating group) is 1. The molecule has 3 aromatic heterocycles. The Kier molecular flexibility index (Phi) is 8.66. The summed E-state index contributed by atoms with van der Waals surface area (Å²) in [5, 5.41) is 17.3. The number of amides is 1. The number of halogens is 1. The van der Waals surface area contributed by atoms with Gasteiger partial charge in [-0.15, -0.1) is 0 Å². The van der Waals surface area contributed by atoms with Crippen LogP contribution in [0.3, 0.4) is 0 Å². The zero-order valence-corrected chi connectivity index (χ0v) is 26.0. The van der Waals surface area contributed by atoms with Gasteiger partial charge in [0.1, 0.15) is 5.69 Å². The van der Waals surface area contributed by atoms with Gasteiger partial charge in [-0.05, 0) is 71.0 Å². The van der Waals surface area contributed by atoms with Crippen LogP contribution in [0.1, 0.15) is 47.8 Å². The van der Waals surface area contributed by atoms with Gasteiger partial charge in [0.15, 0.2) is 5.82 Å². The molecular weight excluding hydrogens is 561 g/mol. The Bertz CT molecular complexity index is 1630. The number of aromatic nitrogens is 5. The molecule has 12 heteroatoms. The number of fused-ring (bicyclic) bond motifs is 1. The molecule has 4 aromatic rings. The van der Waals surface area contributed by atoms with E-state index in [0.29, 0.717) is 30.0 Å². The van der Waals surface area contributed by atoms with Gasteiger partial charge in [-0.1, -0.05) is 0 Å². The summed E-state index contributed by atoms with van der Waals surface area (Å²) >= 11 is 0. The third-order valence-electron chi connectivity index (χ3n) is 8.84. The van der Waals surface area contributed by atoms with Crippen molar-refractivity contribution in [1.29, 1.82) is 0 Å². The van der Waals surface area contributed by atoms with E-state index in [0.717, 1.165) is 68.8 Å². The Balaban J connectivity index is 1.31. The topological polar surface area (TPSA) is 108 Å². The number of hydrogen-bond donors (Lipinski definition) is 2. The molecule has 2 fully saturated rings. The molecule has 1 amide bonds. The van der Waals surface area contributed by atoms with E-state index in [1.165, 1.54) is 12.3 Å². The maximum absolute atomic E-state index is 15.8. The molecule has 0 radical (unpaired) electrons. The molecule has 44 heavy (non-hydrogen) atoms. The predicted molar refractivity (Wildman–Crippen MR) is 170 cm³/mol. The van der Waals surface area contributed by atoms with Gasteiger partial charge in [0.05, 0.1) is 28.9 Å². The van der Waals surface area contributed by atoms with Crippen molar-refractivity contribution in [2.24, 2.45) is 7.05 Å². The highest BCUT2D eigenvalue weighted by atomic mass is 19.1. The normalized spacial score (nSPS) is 19.7. The van der Waals surface area contributed by atoms with Crippen LogP contribution >= 0.6 is 0 Å². The summed E-state index contributed by atoms with van der Waals surface area (Å²) in [5.41, 5.74) is 3.83. The molecule has 1 aliphatic carbocycles. The van der Waals surface area contributed by atoms with Crippen molar-refractivity contribution in [2.75, 3.05) is 63.6 Å². The van der Waals surface area contributed by atoms with Crippen molar-refractivity contribution in [1.82, 2.24) is 34.1 Å². The van der Waals surface area contributed by atoms with E-state index < -0.39 is 11.7 Å². The van der Waals surface area contributed by atoms with E-state index in [2.05, 4.69) is 60.9 Å². The first-order valence-corrected chi connectivity index (χ1v) is 15.5. The number of rotatable bonds is 8. The zero-order valence-electron chi connectivity index (χ0n) is 26.0. The number of piperazine rings is 1. The van der Waals surface area contributed by atoms with Crippen LogP contribution in [0.15, 0.2) is 36.7 Å². The van der Waals surface area contributed by atoms with Crippen molar-refractivity contribution in [2.45, 2.75) is 44.8 Å². The lowest BCUT2D eigenvalue weighted by molar-refractivity contribution is 0.101. The average Bonchev–Trinajstić information content (AvgIpc) is 3.60. The van der Waals surface area contributed by atoms with Crippen molar-refractivity contribution in [3.63, 3.8) is 0 Å². The number of aliphatic hydroxyl groups is 1. The smallest absolute Gasteiger partial charge is 0.261 e. The molecule has 1 saturated heterocycles. The first-order chi connectivity index (χ1) is 21.2. The highest BCUT2D eigenvalue weighted by Crippen LogP contribution is 2.36. The van der Waals surface area contributed by atoms with E-state index in [4.69, 9.17) is 4.98 Å². The minimum absolute atomic E-state index is 0.0480. The predicted octanol–water partition coefficient (Wildman–Crippen LogP) is 3.69. The summed E-state index contributed by atoms with van der Waals surface area (Å²) in [6, 6.07) is 7.77. The largest absolute Gasteiger partial charge is 0.393 e. The highest BCUT2D eigenvalue weighted by Gasteiger charge is 2.28. The molecule has 0 atom stereocenters. The first kappa shape index (κ1) is 30.2. The van der Waals surface area contributed by atoms with Gasteiger partial charge in [0.2, 0.25) is 5.95 Å². The van der Waals surface area contributed by atoms with E-state index >= 15 is 4.39 Å². The minimum atomic E-state index is -0.698. The molecule has 234 valence electrons. The van der Waals surface area contributed by atoms with Crippen LogP contribution in [-0.4, -0.2) is 105 Å². The fourth-order valence-corrected chi connectivity index (χ4v) is 6.35. The summed E-state index contributed by atoms with van der Waals surface area (Å²) in [6.07, 6.45) is 5.77. The number of carbonyl (C=O) groups excluding carboxylic acids is 1. The molecule has 2 N–H and O–H groups in total. The lowest BCUT2D eigenvalue weighted by Gasteiger charge is -2.36. The zero-order chi connectivity index (χ0) is 31.0. The van der Waals surface area contributed by atoms with Crippen LogP contribution in [0.4, 0.5) is 16.0 Å². The lowest BCUT2D eigenvalue weighted by Crippen LogP contribution is -2.48. The Morgan fingerprint density at radius 3 is 2.52 bits per heavy atom. The summed E-state index contributed by atoms with van der Waals surface area (Å²) in [4.78, 5) is 30.0. The van der Waals surface area contributed by atoms with Crippen molar-refractivity contribution >= 4 is 28.6 Å². The quantitative estimate of drug-likeness (QED) is 0.314. The molecule has 0 bridgehead atoms. The van der Waals surface area contributed by atoms with E-state index in [1.54, 1.807) is 24.9 Å². The van der Waals surface area contributed by atoms with Crippen molar-refractivity contribution < 1.29 is 14.3 Å². The maximum Gasteiger partial charge on any atom is 0.261 e. The van der Waals surface area contributed by atoms with E-state index in [9.17, 15) is 9.90 Å². The summed E-state index contributed by atoms with van der Waals surface area (Å²) < 4.78 is 19.4. The molecular formula is C32H42FN9O2. The van der Waals surface area contributed by atoms with E-state index in [-0.39, 0.29) is 23.4 Å². The number of aliphatic hydroxyl groups excluding tert-OH is 1. The molecule has 2 aliphatic rings. The van der Waals surface area contributed by atoms with Crippen LogP contribution in [0, 0.1) is 12.7 Å². The molecule has 0 spiro atoms. The fraction of sp³-hybridized carbons (Fsp3) is 0.500. The number of carbonyl (C=O) groups is 1. The number of nitrogens with one attached hydrogen (secondary N) is 1. The van der Waals surface area contributed by atoms with Crippen LogP contribution in [-0.2, 0) is 7.05 Å². The SMILES string of the molecule is Cc1cc(C(=O)Nc2nc3ccc(N4CCN(CCN(C)C)CC4)cc3n2C2CCC(O)CC2)c(F)c(-c2cnn(C)c2)n1. The summed E-state index contributed by atoms with van der Waals surface area (Å²) in [7, 11) is 5.95. The van der Waals surface area contributed by atoms with Gasteiger partial charge in [-0.2, -0.15) is 5.10 Å². The molecule has 1 aromatic carbocycles.